The highest BCUT2D eigenvalue weighted by Crippen LogP contribution is 2.41. The molecule has 2 heterocycles. The lowest BCUT2D eigenvalue weighted by atomic mass is 9.85. The molecule has 7 nitrogen and oxygen atoms in total. The SMILES string of the molecule is CC1=C(C(=O)Nc2ccccc2F)[C@H](c2ccco2)C(C#N)=C(SCC(=O)Nc2ccc(C)cc2)N1. The highest BCUT2D eigenvalue weighted by atomic mass is 32.2. The number of hydrogen-bond donors (Lipinski definition) is 3. The number of nitrogens with zero attached hydrogens (tertiary/aromatic N) is 1. The van der Waals surface area contributed by atoms with Gasteiger partial charge in [-0.1, -0.05) is 41.6 Å². The van der Waals surface area contributed by atoms with Crippen molar-refractivity contribution in [3.63, 3.8) is 0 Å². The molecule has 0 aliphatic carbocycles. The molecule has 0 fully saturated rings. The van der Waals surface area contributed by atoms with Crippen molar-refractivity contribution in [3.8, 4) is 6.07 Å². The third-order valence-corrected chi connectivity index (χ3v) is 6.54. The number of thioether (sulfide) groups is 1. The number of dihydropyridines is 1. The van der Waals surface area contributed by atoms with Crippen LogP contribution in [0.5, 0.6) is 0 Å². The third kappa shape index (κ3) is 5.50. The van der Waals surface area contributed by atoms with Gasteiger partial charge in [0.25, 0.3) is 5.91 Å². The van der Waals surface area contributed by atoms with Crippen molar-refractivity contribution in [2.75, 3.05) is 16.4 Å². The summed E-state index contributed by atoms with van der Waals surface area (Å²) in [6.07, 6.45) is 1.45. The summed E-state index contributed by atoms with van der Waals surface area (Å²) < 4.78 is 19.8. The summed E-state index contributed by atoms with van der Waals surface area (Å²) in [5.74, 6) is -1.80. The third-order valence-electron chi connectivity index (χ3n) is 5.52. The van der Waals surface area contributed by atoms with Gasteiger partial charge in [-0.25, -0.2) is 4.39 Å². The molecule has 2 aromatic carbocycles. The molecule has 1 atom stereocenters. The minimum Gasteiger partial charge on any atom is -0.468 e. The Morgan fingerprint density at radius 3 is 2.50 bits per heavy atom. The maximum atomic E-state index is 14.2. The van der Waals surface area contributed by atoms with Crippen molar-refractivity contribution in [1.82, 2.24) is 5.32 Å². The van der Waals surface area contributed by atoms with E-state index in [9.17, 15) is 19.2 Å². The summed E-state index contributed by atoms with van der Waals surface area (Å²) in [6.45, 7) is 3.65. The van der Waals surface area contributed by atoms with Gasteiger partial charge >= 0.3 is 0 Å². The van der Waals surface area contributed by atoms with Crippen molar-refractivity contribution in [3.05, 3.63) is 106 Å². The molecule has 0 saturated carbocycles. The van der Waals surface area contributed by atoms with Crippen molar-refractivity contribution < 1.29 is 18.4 Å². The number of furan rings is 1. The normalized spacial score (nSPS) is 15.2. The molecule has 9 heteroatoms. The molecule has 1 aliphatic rings. The molecule has 2 amide bonds. The Morgan fingerprint density at radius 2 is 1.83 bits per heavy atom. The number of para-hydroxylation sites is 1. The summed E-state index contributed by atoms with van der Waals surface area (Å²) in [7, 11) is 0. The minimum absolute atomic E-state index is 0.0245. The number of carbonyl (C=O) groups excluding carboxylic acids is 2. The zero-order valence-corrected chi connectivity index (χ0v) is 20.4. The number of anilines is 2. The van der Waals surface area contributed by atoms with Crippen LogP contribution in [0.1, 0.15) is 24.2 Å². The summed E-state index contributed by atoms with van der Waals surface area (Å²) in [4.78, 5) is 25.8. The second-order valence-corrected chi connectivity index (χ2v) is 9.09. The molecule has 4 rings (SSSR count). The van der Waals surface area contributed by atoms with Crippen LogP contribution in [0.3, 0.4) is 0 Å². The van der Waals surface area contributed by atoms with Crippen molar-refractivity contribution >= 4 is 35.0 Å². The molecule has 1 aliphatic heterocycles. The van der Waals surface area contributed by atoms with E-state index >= 15 is 0 Å². The van der Waals surface area contributed by atoms with Gasteiger partial charge in [-0.2, -0.15) is 5.26 Å². The van der Waals surface area contributed by atoms with Gasteiger partial charge in [0.2, 0.25) is 5.91 Å². The summed E-state index contributed by atoms with van der Waals surface area (Å²) in [5.41, 5.74) is 2.69. The number of hydrogen-bond acceptors (Lipinski definition) is 6. The number of halogens is 1. The predicted molar refractivity (Wildman–Crippen MR) is 137 cm³/mol. The van der Waals surface area contributed by atoms with Crippen molar-refractivity contribution in [1.29, 1.82) is 5.26 Å². The minimum atomic E-state index is -0.833. The molecule has 36 heavy (non-hydrogen) atoms. The number of rotatable bonds is 7. The summed E-state index contributed by atoms with van der Waals surface area (Å²) in [5, 5.41) is 19.0. The van der Waals surface area contributed by atoms with Crippen LogP contribution in [0, 0.1) is 24.1 Å². The number of carbonyl (C=O) groups is 2. The number of benzene rings is 2. The lowest BCUT2D eigenvalue weighted by Crippen LogP contribution is -2.31. The van der Waals surface area contributed by atoms with Crippen LogP contribution in [-0.4, -0.2) is 17.6 Å². The lowest BCUT2D eigenvalue weighted by Gasteiger charge is -2.28. The fourth-order valence-corrected chi connectivity index (χ4v) is 4.68. The number of nitrogens with one attached hydrogen (secondary N) is 3. The monoisotopic (exact) mass is 502 g/mol. The largest absolute Gasteiger partial charge is 0.468 e. The van der Waals surface area contributed by atoms with E-state index in [0.29, 0.717) is 22.2 Å². The van der Waals surface area contributed by atoms with Crippen LogP contribution in [0.25, 0.3) is 0 Å². The van der Waals surface area contributed by atoms with Crippen LogP contribution in [0.4, 0.5) is 15.8 Å². The first-order chi connectivity index (χ1) is 17.4. The molecule has 182 valence electrons. The number of amides is 2. The van der Waals surface area contributed by atoms with Crippen molar-refractivity contribution in [2.45, 2.75) is 19.8 Å². The molecule has 1 aromatic heterocycles. The molecular weight excluding hydrogens is 479 g/mol. The predicted octanol–water partition coefficient (Wildman–Crippen LogP) is 5.43. The Morgan fingerprint density at radius 1 is 1.08 bits per heavy atom. The number of aryl methyl sites for hydroxylation is 1. The smallest absolute Gasteiger partial charge is 0.254 e. The maximum Gasteiger partial charge on any atom is 0.254 e. The Kier molecular flexibility index (Phi) is 7.56. The van der Waals surface area contributed by atoms with Gasteiger partial charge in [0, 0.05) is 11.4 Å². The van der Waals surface area contributed by atoms with E-state index in [1.807, 2.05) is 31.2 Å². The van der Waals surface area contributed by atoms with Crippen LogP contribution >= 0.6 is 11.8 Å². The quantitative estimate of drug-likeness (QED) is 0.398. The molecule has 0 spiro atoms. The van der Waals surface area contributed by atoms with E-state index in [1.165, 1.54) is 24.5 Å². The highest BCUT2D eigenvalue weighted by Gasteiger charge is 2.36. The van der Waals surface area contributed by atoms with Gasteiger partial charge in [-0.05, 0) is 50.2 Å². The Bertz CT molecular complexity index is 1390. The van der Waals surface area contributed by atoms with Crippen LogP contribution < -0.4 is 16.0 Å². The van der Waals surface area contributed by atoms with E-state index in [1.54, 1.807) is 25.1 Å². The molecule has 3 aromatic rings. The maximum absolute atomic E-state index is 14.2. The van der Waals surface area contributed by atoms with E-state index < -0.39 is 17.6 Å². The molecule has 3 N–H and O–H groups in total. The summed E-state index contributed by atoms with van der Waals surface area (Å²) >= 11 is 1.15. The summed E-state index contributed by atoms with van der Waals surface area (Å²) in [6, 6.07) is 18.8. The zero-order chi connectivity index (χ0) is 25.7. The number of allylic oxidation sites excluding steroid dienone is 2. The van der Waals surface area contributed by atoms with Gasteiger partial charge < -0.3 is 20.4 Å². The topological polar surface area (TPSA) is 107 Å². The van der Waals surface area contributed by atoms with Gasteiger partial charge in [0.1, 0.15) is 11.6 Å². The van der Waals surface area contributed by atoms with Gasteiger partial charge in [0.05, 0.1) is 45.9 Å². The first-order valence-corrected chi connectivity index (χ1v) is 12.1. The standard InChI is InChI=1S/C27H23FN4O3S/c1-16-9-11-18(12-10-16)31-23(33)15-36-27-19(14-29)25(22-8-5-13-35-22)24(17(2)30-27)26(34)32-21-7-4-3-6-20(21)28/h3-13,25,30H,15H2,1-2H3,(H,31,33)(H,32,34)/t25-/m0/s1. The average molecular weight is 503 g/mol. The fraction of sp³-hybridized carbons (Fsp3) is 0.148. The Hall–Kier alpha value is -4.29. The van der Waals surface area contributed by atoms with E-state index in [2.05, 4.69) is 22.0 Å². The lowest BCUT2D eigenvalue weighted by molar-refractivity contribution is -0.114. The second-order valence-electron chi connectivity index (χ2n) is 8.10. The second kappa shape index (κ2) is 11.0. The molecule has 0 radical (unpaired) electrons. The van der Waals surface area contributed by atoms with Gasteiger partial charge in [-0.15, -0.1) is 0 Å². The Balaban J connectivity index is 1.58. The van der Waals surface area contributed by atoms with E-state index in [-0.39, 0.29) is 28.5 Å². The first-order valence-electron chi connectivity index (χ1n) is 11.1. The van der Waals surface area contributed by atoms with Gasteiger partial charge in [-0.3, -0.25) is 9.59 Å². The molecular formula is C27H23FN4O3S. The average Bonchev–Trinajstić information content (AvgIpc) is 3.39. The van der Waals surface area contributed by atoms with Crippen molar-refractivity contribution in [2.24, 2.45) is 0 Å². The molecule has 0 bridgehead atoms. The highest BCUT2D eigenvalue weighted by molar-refractivity contribution is 8.03. The van der Waals surface area contributed by atoms with Crippen LogP contribution in [-0.2, 0) is 9.59 Å². The van der Waals surface area contributed by atoms with Gasteiger partial charge in [0.15, 0.2) is 0 Å². The molecule has 0 unspecified atom stereocenters. The van der Waals surface area contributed by atoms with E-state index in [0.717, 1.165) is 17.3 Å². The fourth-order valence-electron chi connectivity index (χ4n) is 3.79. The van der Waals surface area contributed by atoms with Crippen LogP contribution in [0.15, 0.2) is 93.2 Å². The first kappa shape index (κ1) is 24.8. The zero-order valence-electron chi connectivity index (χ0n) is 19.6. The van der Waals surface area contributed by atoms with Crippen LogP contribution in [0.2, 0.25) is 0 Å². The number of nitriles is 1. The Labute approximate surface area is 212 Å². The molecule has 0 saturated heterocycles. The van der Waals surface area contributed by atoms with E-state index in [4.69, 9.17) is 4.42 Å².